The van der Waals surface area contributed by atoms with E-state index in [0.29, 0.717) is 13.2 Å². The van der Waals surface area contributed by atoms with Crippen LogP contribution in [0.1, 0.15) is 153 Å². The zero-order valence-corrected chi connectivity index (χ0v) is 48.6. The second-order valence-corrected chi connectivity index (χ2v) is 24.1. The van der Waals surface area contributed by atoms with Crippen molar-refractivity contribution in [3.63, 3.8) is 0 Å². The van der Waals surface area contributed by atoms with Gasteiger partial charge in [-0.25, -0.2) is 0 Å². The fraction of sp³-hybridized carbons (Fsp3) is 0.307. The van der Waals surface area contributed by atoms with E-state index in [4.69, 9.17) is 9.47 Å². The summed E-state index contributed by atoms with van der Waals surface area (Å²) < 4.78 is 16.1. The maximum Gasteiger partial charge on any atom is 0.123 e. The summed E-state index contributed by atoms with van der Waals surface area (Å²) in [4.78, 5) is 2.42. The van der Waals surface area contributed by atoms with Gasteiger partial charge in [0.2, 0.25) is 0 Å². The Morgan fingerprint density at radius 1 is 0.544 bits per heavy atom. The molecule has 11 rings (SSSR count). The number of ether oxygens (including phenoxy) is 2. The van der Waals surface area contributed by atoms with Gasteiger partial charge in [0, 0.05) is 56.3 Å². The van der Waals surface area contributed by atoms with Crippen molar-refractivity contribution in [3.05, 3.63) is 221 Å². The number of nitrogens with zero attached hydrogens (tertiary/aromatic N) is 2. The van der Waals surface area contributed by atoms with Gasteiger partial charge in [-0.15, -0.1) is 0 Å². The quantitative estimate of drug-likeness (QED) is 0.0755. The summed E-state index contributed by atoms with van der Waals surface area (Å²) in [6.07, 6.45) is 12.0. The number of fused-ring (bicyclic) bond motifs is 6. The number of unbranched alkanes of at least 4 members (excludes halogenated alkanes) is 2. The summed E-state index contributed by atoms with van der Waals surface area (Å²) in [5, 5.41) is 1.33. The van der Waals surface area contributed by atoms with E-state index >= 15 is 0 Å². The normalized spacial score (nSPS) is 14.5. The van der Waals surface area contributed by atoms with Crippen molar-refractivity contribution in [1.29, 1.82) is 0 Å². The maximum atomic E-state index is 6.82. The molecule has 0 saturated heterocycles. The van der Waals surface area contributed by atoms with E-state index in [1.165, 1.54) is 89.0 Å². The second kappa shape index (κ2) is 21.9. The molecule has 1 heterocycles. The molecule has 8 aromatic carbocycles. The Kier molecular flexibility index (Phi) is 14.8. The second-order valence-electron chi connectivity index (χ2n) is 24.1. The van der Waals surface area contributed by atoms with E-state index < -0.39 is 0 Å². The van der Waals surface area contributed by atoms with Crippen LogP contribution in [0.3, 0.4) is 0 Å². The molecule has 0 fully saturated rings. The number of aromatic nitrogens is 1. The first-order valence-electron chi connectivity index (χ1n) is 29.5. The van der Waals surface area contributed by atoms with Gasteiger partial charge in [0.1, 0.15) is 11.5 Å². The highest BCUT2D eigenvalue weighted by atomic mass is 16.5. The largest absolute Gasteiger partial charge is 0.493 e. The third-order valence-electron chi connectivity index (χ3n) is 17.9. The maximum absolute atomic E-state index is 6.82. The van der Waals surface area contributed by atoms with Crippen LogP contribution in [0.25, 0.3) is 56.0 Å². The van der Waals surface area contributed by atoms with Crippen LogP contribution in [-0.4, -0.2) is 17.8 Å². The summed E-state index contributed by atoms with van der Waals surface area (Å²) in [7, 11) is 0. The van der Waals surface area contributed by atoms with Crippen LogP contribution in [0, 0.1) is 0 Å². The lowest BCUT2D eigenvalue weighted by Crippen LogP contribution is -2.19. The van der Waals surface area contributed by atoms with Crippen molar-refractivity contribution in [2.24, 2.45) is 0 Å². The highest BCUT2D eigenvalue weighted by molar-refractivity contribution is 5.93. The lowest BCUT2D eigenvalue weighted by Gasteiger charge is -2.30. The molecule has 402 valence electrons. The standard InChI is InChI=1S/C75H80N2O2/c1-11-15-43-78-71-50-68(74(7,8)14-4)72(79-44-16-12-2)49-63(71)55-31-41-69-64(45-55)65-46-56(73(5,6)13-3)32-42-70(65)77(69)60-38-40-62-61-39-37-59(47-66(61)75(9,10)67(62)48-60)76(57-33-27-53(28-34-57)51-23-19-17-20-24-51)58-35-29-54(30-36-58)52-25-21-18-22-26-52/h17-42,46-50,55H,11-16,43-45H2,1-10H3. The Balaban J connectivity index is 0.996. The van der Waals surface area contributed by atoms with Gasteiger partial charge in [0.15, 0.2) is 0 Å². The molecule has 1 unspecified atom stereocenters. The number of hydrogen-bond acceptors (Lipinski definition) is 3. The molecular weight excluding hydrogens is 961 g/mol. The van der Waals surface area contributed by atoms with Crippen LogP contribution in [0.15, 0.2) is 182 Å². The molecule has 4 nitrogen and oxygen atoms in total. The molecule has 2 aliphatic carbocycles. The van der Waals surface area contributed by atoms with Gasteiger partial charge < -0.3 is 18.9 Å². The summed E-state index contributed by atoms with van der Waals surface area (Å²) >= 11 is 0. The summed E-state index contributed by atoms with van der Waals surface area (Å²) in [6, 6.07) is 65.7. The minimum Gasteiger partial charge on any atom is -0.493 e. The Bertz CT molecular complexity index is 3570. The zero-order valence-electron chi connectivity index (χ0n) is 48.6. The van der Waals surface area contributed by atoms with Gasteiger partial charge in [0.25, 0.3) is 0 Å². The third kappa shape index (κ3) is 10.1. The van der Waals surface area contributed by atoms with Crippen molar-refractivity contribution >= 4 is 34.0 Å². The highest BCUT2D eigenvalue weighted by Crippen LogP contribution is 2.53. The third-order valence-corrected chi connectivity index (χ3v) is 17.9. The average Bonchev–Trinajstić information content (AvgIpc) is 4.10. The highest BCUT2D eigenvalue weighted by Gasteiger charge is 2.38. The topological polar surface area (TPSA) is 26.6 Å². The molecule has 1 atom stereocenters. The van der Waals surface area contributed by atoms with Gasteiger partial charge in [-0.1, -0.05) is 191 Å². The van der Waals surface area contributed by atoms with Crippen molar-refractivity contribution in [2.75, 3.05) is 18.1 Å². The van der Waals surface area contributed by atoms with Gasteiger partial charge in [0.05, 0.1) is 18.7 Å². The SMILES string of the molecule is CCCCOc1cc(C(C)(C)CC)c(OCCCC)cc1C1C=Cc2c(c3cc(C(C)(C)CC)ccc3n2-c2ccc3c(c2)C(C)(C)c2cc(N(c4ccc(-c5ccccc5)cc4)c4ccc(-c5ccccc5)cc4)ccc2-3)C1. The predicted octanol–water partition coefficient (Wildman–Crippen LogP) is 20.8. The van der Waals surface area contributed by atoms with Crippen molar-refractivity contribution in [1.82, 2.24) is 4.57 Å². The molecule has 0 aliphatic heterocycles. The van der Waals surface area contributed by atoms with Gasteiger partial charge in [-0.3, -0.25) is 0 Å². The molecule has 79 heavy (non-hydrogen) atoms. The Hall–Kier alpha value is -7.56. The van der Waals surface area contributed by atoms with E-state index in [-0.39, 0.29) is 22.2 Å². The minimum absolute atomic E-state index is 0.0367. The average molecular weight is 1040 g/mol. The lowest BCUT2D eigenvalue weighted by atomic mass is 9.78. The molecule has 1 aromatic heterocycles. The van der Waals surface area contributed by atoms with Crippen molar-refractivity contribution in [2.45, 2.75) is 136 Å². The summed E-state index contributed by atoms with van der Waals surface area (Å²) in [5.41, 5.74) is 22.1. The van der Waals surface area contributed by atoms with E-state index in [1.54, 1.807) is 0 Å². The molecule has 0 spiro atoms. The zero-order chi connectivity index (χ0) is 55.1. The van der Waals surface area contributed by atoms with E-state index in [9.17, 15) is 0 Å². The number of hydrogen-bond donors (Lipinski definition) is 0. The van der Waals surface area contributed by atoms with E-state index in [1.807, 2.05) is 0 Å². The molecule has 9 aromatic rings. The van der Waals surface area contributed by atoms with Gasteiger partial charge >= 0.3 is 0 Å². The smallest absolute Gasteiger partial charge is 0.123 e. The summed E-state index contributed by atoms with van der Waals surface area (Å²) in [5.74, 6) is 2.11. The van der Waals surface area contributed by atoms with E-state index in [0.717, 1.165) is 73.5 Å². The Labute approximate surface area is 471 Å². The molecule has 2 aliphatic rings. The molecule has 0 N–H and O–H groups in total. The first-order valence-corrected chi connectivity index (χ1v) is 29.5. The first kappa shape index (κ1) is 53.4. The Morgan fingerprint density at radius 3 is 1.67 bits per heavy atom. The molecule has 0 amide bonds. The van der Waals surface area contributed by atoms with Crippen LogP contribution in [0.2, 0.25) is 0 Å². The number of allylic oxidation sites excluding steroid dienone is 1. The number of anilines is 3. The van der Waals surface area contributed by atoms with Crippen LogP contribution >= 0.6 is 0 Å². The van der Waals surface area contributed by atoms with Crippen LogP contribution in [-0.2, 0) is 22.7 Å². The Morgan fingerprint density at radius 2 is 1.09 bits per heavy atom. The predicted molar refractivity (Wildman–Crippen MR) is 336 cm³/mol. The number of rotatable bonds is 19. The van der Waals surface area contributed by atoms with Crippen molar-refractivity contribution < 1.29 is 9.47 Å². The molecule has 4 heteroatoms. The molecular formula is C75H80N2O2. The van der Waals surface area contributed by atoms with Crippen LogP contribution < -0.4 is 14.4 Å². The van der Waals surface area contributed by atoms with E-state index in [2.05, 4.69) is 267 Å². The van der Waals surface area contributed by atoms with Gasteiger partial charge in [-0.05, 0) is 177 Å². The number of benzene rings is 8. The van der Waals surface area contributed by atoms with Crippen LogP contribution in [0.4, 0.5) is 17.1 Å². The molecule has 0 bridgehead atoms. The fourth-order valence-electron chi connectivity index (χ4n) is 12.2. The monoisotopic (exact) mass is 1040 g/mol. The minimum atomic E-state index is -0.275. The van der Waals surface area contributed by atoms with Crippen molar-refractivity contribution in [3.8, 4) is 50.6 Å². The first-order chi connectivity index (χ1) is 38.2. The fourth-order valence-corrected chi connectivity index (χ4v) is 12.2. The lowest BCUT2D eigenvalue weighted by molar-refractivity contribution is 0.289. The van der Waals surface area contributed by atoms with Crippen LogP contribution in [0.5, 0.6) is 11.5 Å². The molecule has 0 saturated carbocycles. The summed E-state index contributed by atoms with van der Waals surface area (Å²) in [6.45, 7) is 24.7. The molecule has 0 radical (unpaired) electrons. The van der Waals surface area contributed by atoms with Gasteiger partial charge in [-0.2, -0.15) is 0 Å².